The highest BCUT2D eigenvalue weighted by Crippen LogP contribution is 2.28. The Balaban J connectivity index is 1.79. The number of hydrogen-bond donors (Lipinski definition) is 1. The number of nitrogens with one attached hydrogen (secondary N) is 1. The van der Waals surface area contributed by atoms with Gasteiger partial charge in [0.25, 0.3) is 10.0 Å². The molecule has 0 aliphatic carbocycles. The van der Waals surface area contributed by atoms with Gasteiger partial charge in [-0.05, 0) is 66.9 Å². The van der Waals surface area contributed by atoms with Crippen LogP contribution in [0.3, 0.4) is 0 Å². The highest BCUT2D eigenvalue weighted by atomic mass is 35.5. The lowest BCUT2D eigenvalue weighted by molar-refractivity contribution is -0.140. The van der Waals surface area contributed by atoms with E-state index in [0.29, 0.717) is 17.3 Å². The van der Waals surface area contributed by atoms with Gasteiger partial charge in [0.15, 0.2) is 0 Å². The number of halogens is 1. The number of carbonyl (C=O) groups is 2. The van der Waals surface area contributed by atoms with Crippen LogP contribution >= 0.6 is 11.6 Å². The molecular weight excluding hydrogens is 610 g/mol. The Kier molecular flexibility index (Phi) is 11.6. The smallest absolute Gasteiger partial charge is 0.264 e. The van der Waals surface area contributed by atoms with Gasteiger partial charge < -0.3 is 15.0 Å². The molecule has 45 heavy (non-hydrogen) atoms. The minimum atomic E-state index is -4.25. The van der Waals surface area contributed by atoms with E-state index in [2.05, 4.69) is 5.32 Å². The van der Waals surface area contributed by atoms with Crippen molar-refractivity contribution in [2.45, 2.75) is 44.2 Å². The maximum Gasteiger partial charge on any atom is 0.264 e. The Hall–Kier alpha value is -4.34. The van der Waals surface area contributed by atoms with Gasteiger partial charge in [-0.25, -0.2) is 8.42 Å². The van der Waals surface area contributed by atoms with Crippen molar-refractivity contribution in [1.82, 2.24) is 10.2 Å². The average Bonchev–Trinajstić information content (AvgIpc) is 3.05. The number of carbonyl (C=O) groups excluding carboxylic acids is 2. The number of rotatable bonds is 14. The normalized spacial score (nSPS) is 11.8. The van der Waals surface area contributed by atoms with Gasteiger partial charge in [0.1, 0.15) is 18.3 Å². The summed E-state index contributed by atoms with van der Waals surface area (Å²) < 4.78 is 34.5. The summed E-state index contributed by atoms with van der Waals surface area (Å²) >= 11 is 6.29. The Bertz CT molecular complexity index is 1680. The maximum absolute atomic E-state index is 14.5. The molecule has 10 heteroatoms. The van der Waals surface area contributed by atoms with E-state index in [0.717, 1.165) is 27.4 Å². The number of amides is 2. The molecule has 8 nitrogen and oxygen atoms in total. The first-order valence-corrected chi connectivity index (χ1v) is 16.5. The summed E-state index contributed by atoms with van der Waals surface area (Å²) in [6, 6.07) is 28.5. The summed E-state index contributed by atoms with van der Waals surface area (Å²) in [7, 11) is -2.76. The number of methoxy groups -OCH3 is 1. The van der Waals surface area contributed by atoms with Gasteiger partial charge in [-0.1, -0.05) is 84.8 Å². The van der Waals surface area contributed by atoms with Crippen LogP contribution in [0.4, 0.5) is 5.69 Å². The largest absolute Gasteiger partial charge is 0.497 e. The highest BCUT2D eigenvalue weighted by Gasteiger charge is 2.34. The molecule has 0 bridgehead atoms. The number of anilines is 1. The van der Waals surface area contributed by atoms with Gasteiger partial charge in [0.05, 0.1) is 17.7 Å². The maximum atomic E-state index is 14.5. The zero-order valence-corrected chi connectivity index (χ0v) is 27.2. The van der Waals surface area contributed by atoms with Crippen molar-refractivity contribution >= 4 is 39.1 Å². The molecule has 1 unspecified atom stereocenters. The monoisotopic (exact) mass is 647 g/mol. The minimum Gasteiger partial charge on any atom is -0.497 e. The first kappa shape index (κ1) is 33.6. The minimum absolute atomic E-state index is 0.0253. The molecule has 0 aliphatic heterocycles. The number of aryl methyl sites for hydroxylation is 1. The van der Waals surface area contributed by atoms with Crippen LogP contribution in [0.5, 0.6) is 5.75 Å². The van der Waals surface area contributed by atoms with Crippen LogP contribution in [0.2, 0.25) is 5.02 Å². The lowest BCUT2D eigenvalue weighted by Crippen LogP contribution is -2.53. The molecule has 0 fully saturated rings. The Labute approximate surface area is 270 Å². The zero-order valence-electron chi connectivity index (χ0n) is 25.6. The topological polar surface area (TPSA) is 96.0 Å². The summed E-state index contributed by atoms with van der Waals surface area (Å²) in [6.45, 7) is 3.90. The third-order valence-electron chi connectivity index (χ3n) is 7.32. The molecule has 4 aromatic rings. The average molecular weight is 648 g/mol. The molecule has 4 rings (SSSR count). The summed E-state index contributed by atoms with van der Waals surface area (Å²) in [6.07, 6.45) is 0.967. The molecule has 2 amide bonds. The quantitative estimate of drug-likeness (QED) is 0.181. The van der Waals surface area contributed by atoms with Crippen LogP contribution in [0, 0.1) is 6.92 Å². The fraction of sp³-hybridized carbons (Fsp3) is 0.257. The van der Waals surface area contributed by atoms with Gasteiger partial charge in [0, 0.05) is 24.5 Å². The van der Waals surface area contributed by atoms with Crippen LogP contribution in [0.25, 0.3) is 0 Å². The molecule has 236 valence electrons. The predicted molar refractivity (Wildman–Crippen MR) is 178 cm³/mol. The molecule has 4 aromatic carbocycles. The van der Waals surface area contributed by atoms with Crippen molar-refractivity contribution in [2.24, 2.45) is 0 Å². The Morgan fingerprint density at radius 3 is 2.20 bits per heavy atom. The number of hydrogen-bond acceptors (Lipinski definition) is 5. The van der Waals surface area contributed by atoms with Crippen molar-refractivity contribution in [3.63, 3.8) is 0 Å². The van der Waals surface area contributed by atoms with E-state index >= 15 is 0 Å². The number of sulfonamides is 1. The van der Waals surface area contributed by atoms with E-state index in [4.69, 9.17) is 16.3 Å². The van der Waals surface area contributed by atoms with Crippen LogP contribution < -0.4 is 14.4 Å². The highest BCUT2D eigenvalue weighted by molar-refractivity contribution is 7.92. The predicted octanol–water partition coefficient (Wildman–Crippen LogP) is 6.02. The SMILES string of the molecule is CCCNC(=O)C(Cc1ccccc1)N(Cc1ccc(C)cc1)C(=O)CN(c1cccc(Cl)c1)S(=O)(=O)c1ccc(OC)cc1. The molecular formula is C35H38ClN3O5S. The van der Waals surface area contributed by atoms with E-state index in [-0.39, 0.29) is 29.5 Å². The summed E-state index contributed by atoms with van der Waals surface area (Å²) in [5, 5.41) is 3.26. The van der Waals surface area contributed by atoms with E-state index in [1.807, 2.05) is 68.4 Å². The third-order valence-corrected chi connectivity index (χ3v) is 9.34. The second-order valence-corrected chi connectivity index (χ2v) is 13.0. The summed E-state index contributed by atoms with van der Waals surface area (Å²) in [5.74, 6) is -0.362. The molecule has 0 heterocycles. The second kappa shape index (κ2) is 15.6. The van der Waals surface area contributed by atoms with Gasteiger partial charge in [-0.3, -0.25) is 13.9 Å². The lowest BCUT2D eigenvalue weighted by Gasteiger charge is -2.34. The van der Waals surface area contributed by atoms with E-state index < -0.39 is 28.5 Å². The number of ether oxygens (including phenoxy) is 1. The lowest BCUT2D eigenvalue weighted by atomic mass is 10.0. The van der Waals surface area contributed by atoms with Crippen molar-refractivity contribution in [1.29, 1.82) is 0 Å². The molecule has 0 aromatic heterocycles. The molecule has 0 radical (unpaired) electrons. The number of nitrogens with zero attached hydrogens (tertiary/aromatic N) is 2. The van der Waals surface area contributed by atoms with Crippen molar-refractivity contribution in [2.75, 3.05) is 24.5 Å². The van der Waals surface area contributed by atoms with Gasteiger partial charge >= 0.3 is 0 Å². The summed E-state index contributed by atoms with van der Waals surface area (Å²) in [5.41, 5.74) is 2.95. The molecule has 1 atom stereocenters. The van der Waals surface area contributed by atoms with Crippen molar-refractivity contribution in [3.8, 4) is 5.75 Å². The van der Waals surface area contributed by atoms with Gasteiger partial charge in [-0.15, -0.1) is 0 Å². The Morgan fingerprint density at radius 1 is 0.889 bits per heavy atom. The molecule has 1 N–H and O–H groups in total. The van der Waals surface area contributed by atoms with Crippen molar-refractivity contribution in [3.05, 3.63) is 125 Å². The van der Waals surface area contributed by atoms with Crippen LogP contribution in [0.15, 0.2) is 108 Å². The molecule has 0 aliphatic rings. The van der Waals surface area contributed by atoms with E-state index in [1.165, 1.54) is 30.2 Å². The fourth-order valence-corrected chi connectivity index (χ4v) is 6.44. The zero-order chi connectivity index (χ0) is 32.4. The molecule has 0 spiro atoms. The van der Waals surface area contributed by atoms with Crippen LogP contribution in [-0.2, 0) is 32.6 Å². The first-order valence-electron chi connectivity index (χ1n) is 14.7. The molecule has 0 saturated heterocycles. The standard InChI is InChI=1S/C35H38ClN3O5S/c1-4-21-37-35(41)33(22-27-9-6-5-7-10-27)38(24-28-15-13-26(2)14-16-28)34(40)25-39(30-12-8-11-29(36)23-30)45(42,43)32-19-17-31(44-3)18-20-32/h5-20,23,33H,4,21-22,24-25H2,1-3H3,(H,37,41). The fourth-order valence-electron chi connectivity index (χ4n) is 4.85. The van der Waals surface area contributed by atoms with Gasteiger partial charge in [-0.2, -0.15) is 0 Å². The Morgan fingerprint density at radius 2 is 1.58 bits per heavy atom. The number of benzene rings is 4. The van der Waals surface area contributed by atoms with Crippen LogP contribution in [0.1, 0.15) is 30.0 Å². The van der Waals surface area contributed by atoms with Crippen molar-refractivity contribution < 1.29 is 22.7 Å². The van der Waals surface area contributed by atoms with Gasteiger partial charge in [0.2, 0.25) is 11.8 Å². The second-order valence-electron chi connectivity index (χ2n) is 10.7. The third kappa shape index (κ3) is 8.86. The molecule has 0 saturated carbocycles. The van der Waals surface area contributed by atoms with Crippen LogP contribution in [-0.4, -0.2) is 51.4 Å². The summed E-state index contributed by atoms with van der Waals surface area (Å²) in [4.78, 5) is 29.6. The van der Waals surface area contributed by atoms with E-state index in [1.54, 1.807) is 30.3 Å². The first-order chi connectivity index (χ1) is 21.6. The van der Waals surface area contributed by atoms with E-state index in [9.17, 15) is 18.0 Å².